The third-order valence-electron chi connectivity index (χ3n) is 3.58. The fourth-order valence-corrected chi connectivity index (χ4v) is 5.28. The van der Waals surface area contributed by atoms with Gasteiger partial charge in [-0.25, -0.2) is 8.42 Å². The lowest BCUT2D eigenvalue weighted by Gasteiger charge is -2.30. The maximum Gasteiger partial charge on any atom is 0.244 e. The van der Waals surface area contributed by atoms with Crippen LogP contribution < -0.4 is 0 Å². The van der Waals surface area contributed by atoms with Gasteiger partial charge < -0.3 is 4.74 Å². The Balaban J connectivity index is 2.36. The molecule has 1 saturated heterocycles. The molecule has 7 heteroatoms. The number of ether oxygens (including phenoxy) is 1. The van der Waals surface area contributed by atoms with Gasteiger partial charge in [0, 0.05) is 35.2 Å². The molecule has 1 heterocycles. The van der Waals surface area contributed by atoms with Crippen molar-refractivity contribution in [3.8, 4) is 0 Å². The molecular formula is C13H17Br2NO3S. The van der Waals surface area contributed by atoms with Gasteiger partial charge in [0.05, 0.1) is 4.90 Å². The molecule has 1 aromatic carbocycles. The Kier molecular flexibility index (Phi) is 5.29. The van der Waals surface area contributed by atoms with E-state index in [1.54, 1.807) is 13.1 Å². The van der Waals surface area contributed by atoms with Crippen LogP contribution in [0.15, 0.2) is 26.0 Å². The van der Waals surface area contributed by atoms with Crippen LogP contribution in [0, 0.1) is 6.92 Å². The van der Waals surface area contributed by atoms with E-state index in [0.717, 1.165) is 22.9 Å². The Labute approximate surface area is 136 Å². The van der Waals surface area contributed by atoms with Gasteiger partial charge in [-0.2, -0.15) is 4.31 Å². The lowest BCUT2D eigenvalue weighted by Crippen LogP contribution is -2.40. The van der Waals surface area contributed by atoms with Crippen molar-refractivity contribution >= 4 is 41.9 Å². The van der Waals surface area contributed by atoms with E-state index in [1.165, 1.54) is 4.31 Å². The summed E-state index contributed by atoms with van der Waals surface area (Å²) < 4.78 is 33.6. The predicted molar refractivity (Wildman–Crippen MR) is 85.4 cm³/mol. The number of nitrogens with zero attached hydrogens (tertiary/aromatic N) is 1. The van der Waals surface area contributed by atoms with Crippen molar-refractivity contribution in [3.63, 3.8) is 0 Å². The number of halogens is 2. The Morgan fingerprint density at radius 2 is 1.80 bits per heavy atom. The quantitative estimate of drug-likeness (QED) is 0.744. The van der Waals surface area contributed by atoms with Crippen molar-refractivity contribution in [1.29, 1.82) is 0 Å². The number of rotatable bonds is 3. The van der Waals surface area contributed by atoms with Gasteiger partial charge in [0.2, 0.25) is 10.0 Å². The molecule has 4 nitrogen and oxygen atoms in total. The van der Waals surface area contributed by atoms with Gasteiger partial charge in [-0.15, -0.1) is 0 Å². The maximum absolute atomic E-state index is 12.8. The molecular weight excluding hydrogens is 410 g/mol. The van der Waals surface area contributed by atoms with Crippen LogP contribution in [0.4, 0.5) is 0 Å². The van der Waals surface area contributed by atoms with Crippen molar-refractivity contribution in [2.75, 3.05) is 20.3 Å². The number of hydrogen-bond acceptors (Lipinski definition) is 3. The molecule has 0 aliphatic carbocycles. The second kappa shape index (κ2) is 6.44. The zero-order chi connectivity index (χ0) is 14.9. The van der Waals surface area contributed by atoms with Gasteiger partial charge in [-0.3, -0.25) is 0 Å². The molecule has 1 aliphatic heterocycles. The van der Waals surface area contributed by atoms with E-state index >= 15 is 0 Å². The molecule has 0 saturated carbocycles. The van der Waals surface area contributed by atoms with Crippen molar-refractivity contribution in [3.05, 3.63) is 26.6 Å². The average Bonchev–Trinajstić information content (AvgIpc) is 2.42. The standard InChI is InChI=1S/C13H17Br2NO3S/c1-9-7-12(15)13(8-11(9)14)20(17,18)16(2)10-3-5-19-6-4-10/h7-8,10H,3-6H2,1-2H3. The van der Waals surface area contributed by atoms with Crippen LogP contribution in [-0.2, 0) is 14.8 Å². The summed E-state index contributed by atoms with van der Waals surface area (Å²) in [6, 6.07) is 3.47. The Morgan fingerprint density at radius 3 is 2.40 bits per heavy atom. The monoisotopic (exact) mass is 425 g/mol. The molecule has 1 aromatic rings. The highest BCUT2D eigenvalue weighted by molar-refractivity contribution is 9.11. The second-order valence-electron chi connectivity index (χ2n) is 4.90. The van der Waals surface area contributed by atoms with Gasteiger partial charge >= 0.3 is 0 Å². The van der Waals surface area contributed by atoms with Crippen LogP contribution in [0.3, 0.4) is 0 Å². The maximum atomic E-state index is 12.8. The smallest absolute Gasteiger partial charge is 0.244 e. The zero-order valence-corrected chi connectivity index (χ0v) is 15.4. The highest BCUT2D eigenvalue weighted by Crippen LogP contribution is 2.32. The number of benzene rings is 1. The van der Waals surface area contributed by atoms with Gasteiger partial charge in [0.15, 0.2) is 0 Å². The molecule has 2 rings (SSSR count). The zero-order valence-electron chi connectivity index (χ0n) is 11.4. The molecule has 0 N–H and O–H groups in total. The second-order valence-corrected chi connectivity index (χ2v) is 8.57. The molecule has 0 atom stereocenters. The summed E-state index contributed by atoms with van der Waals surface area (Å²) in [5, 5.41) is 0. The average molecular weight is 427 g/mol. The van der Waals surface area contributed by atoms with Crippen molar-refractivity contribution in [2.45, 2.75) is 30.7 Å². The van der Waals surface area contributed by atoms with Crippen LogP contribution in [-0.4, -0.2) is 39.0 Å². The molecule has 0 bridgehead atoms. The van der Waals surface area contributed by atoms with E-state index in [4.69, 9.17) is 4.74 Å². The van der Waals surface area contributed by atoms with E-state index in [9.17, 15) is 8.42 Å². The summed E-state index contributed by atoms with van der Waals surface area (Å²) in [6.45, 7) is 3.15. The Bertz CT molecular complexity index is 598. The van der Waals surface area contributed by atoms with Gasteiger partial charge in [-0.05, 0) is 53.4 Å². The van der Waals surface area contributed by atoms with E-state index in [0.29, 0.717) is 22.6 Å². The molecule has 0 spiro atoms. The number of sulfonamides is 1. The summed E-state index contributed by atoms with van der Waals surface area (Å²) >= 11 is 6.75. The third kappa shape index (κ3) is 3.27. The molecule has 1 fully saturated rings. The summed E-state index contributed by atoms with van der Waals surface area (Å²) in [4.78, 5) is 0.295. The van der Waals surface area contributed by atoms with Crippen LogP contribution >= 0.6 is 31.9 Å². The first-order valence-corrected chi connectivity index (χ1v) is 9.38. The highest BCUT2D eigenvalue weighted by Gasteiger charge is 2.31. The van der Waals surface area contributed by atoms with Crippen LogP contribution in [0.25, 0.3) is 0 Å². The molecule has 0 unspecified atom stereocenters. The number of aryl methyl sites for hydroxylation is 1. The first-order valence-electron chi connectivity index (χ1n) is 6.35. The van der Waals surface area contributed by atoms with Gasteiger partial charge in [0.1, 0.15) is 0 Å². The lowest BCUT2D eigenvalue weighted by atomic mass is 10.1. The van der Waals surface area contributed by atoms with Gasteiger partial charge in [0.25, 0.3) is 0 Å². The van der Waals surface area contributed by atoms with Crippen molar-refractivity contribution < 1.29 is 13.2 Å². The van der Waals surface area contributed by atoms with Crippen LogP contribution in [0.2, 0.25) is 0 Å². The molecule has 20 heavy (non-hydrogen) atoms. The summed E-state index contributed by atoms with van der Waals surface area (Å²) in [6.07, 6.45) is 1.47. The Morgan fingerprint density at radius 1 is 1.20 bits per heavy atom. The Hall–Kier alpha value is 0.0500. The fraction of sp³-hybridized carbons (Fsp3) is 0.538. The van der Waals surface area contributed by atoms with Gasteiger partial charge in [-0.1, -0.05) is 15.9 Å². The minimum Gasteiger partial charge on any atom is -0.381 e. The molecule has 1 aliphatic rings. The van der Waals surface area contributed by atoms with Crippen LogP contribution in [0.1, 0.15) is 18.4 Å². The van der Waals surface area contributed by atoms with Crippen LogP contribution in [0.5, 0.6) is 0 Å². The first-order chi connectivity index (χ1) is 9.34. The summed E-state index contributed by atoms with van der Waals surface area (Å²) in [5.41, 5.74) is 0.990. The van der Waals surface area contributed by atoms with Crippen molar-refractivity contribution in [1.82, 2.24) is 4.31 Å². The fourth-order valence-electron chi connectivity index (χ4n) is 2.23. The minimum atomic E-state index is -3.51. The van der Waals surface area contributed by atoms with E-state index in [1.807, 2.05) is 13.0 Å². The van der Waals surface area contributed by atoms with E-state index in [2.05, 4.69) is 31.9 Å². The highest BCUT2D eigenvalue weighted by atomic mass is 79.9. The summed E-state index contributed by atoms with van der Waals surface area (Å²) in [7, 11) is -1.86. The summed E-state index contributed by atoms with van der Waals surface area (Å²) in [5.74, 6) is 0. The first kappa shape index (κ1) is 16.4. The van der Waals surface area contributed by atoms with Crippen molar-refractivity contribution in [2.24, 2.45) is 0 Å². The topological polar surface area (TPSA) is 46.6 Å². The SMILES string of the molecule is Cc1cc(Br)c(S(=O)(=O)N(C)C2CCOCC2)cc1Br. The van der Waals surface area contributed by atoms with E-state index in [-0.39, 0.29) is 6.04 Å². The third-order valence-corrected chi connectivity index (χ3v) is 7.30. The molecule has 0 aromatic heterocycles. The van der Waals surface area contributed by atoms with E-state index < -0.39 is 10.0 Å². The normalized spacial score (nSPS) is 17.6. The number of hydrogen-bond donors (Lipinski definition) is 0. The molecule has 112 valence electrons. The minimum absolute atomic E-state index is 0.000675. The molecule has 0 radical (unpaired) electrons. The lowest BCUT2D eigenvalue weighted by molar-refractivity contribution is 0.0632. The largest absolute Gasteiger partial charge is 0.381 e. The molecule has 0 amide bonds. The predicted octanol–water partition coefficient (Wildman–Crippen LogP) is 3.32.